The molecule has 0 saturated carbocycles. The molecular weight excluding hydrogens is 400 g/mol. The lowest BCUT2D eigenvalue weighted by molar-refractivity contribution is 0.638. The van der Waals surface area contributed by atoms with E-state index in [4.69, 9.17) is 10.7 Å². The van der Waals surface area contributed by atoms with Crippen molar-refractivity contribution >= 4 is 11.6 Å². The first-order valence-electron chi connectivity index (χ1n) is 10.6. The normalized spacial score (nSPS) is 13.3. The highest BCUT2D eigenvalue weighted by Gasteiger charge is 2.14. The van der Waals surface area contributed by atoms with E-state index in [0.29, 0.717) is 29.3 Å². The van der Waals surface area contributed by atoms with Crippen LogP contribution in [-0.4, -0.2) is 38.1 Å². The summed E-state index contributed by atoms with van der Waals surface area (Å²) in [5.74, 6) is 1.40. The maximum atomic E-state index is 9.17. The van der Waals surface area contributed by atoms with E-state index in [-0.39, 0.29) is 0 Å². The highest BCUT2D eigenvalue weighted by atomic mass is 15.4. The van der Waals surface area contributed by atoms with Crippen LogP contribution in [0.1, 0.15) is 24.1 Å². The molecule has 0 unspecified atom stereocenters. The number of anilines is 2. The molecular formula is C24H22N8. The monoisotopic (exact) mass is 422 g/mol. The third kappa shape index (κ3) is 4.14. The molecule has 8 heteroatoms. The first kappa shape index (κ1) is 19.7. The van der Waals surface area contributed by atoms with Crippen LogP contribution in [0.5, 0.6) is 0 Å². The predicted octanol–water partition coefficient (Wildman–Crippen LogP) is 3.50. The average Bonchev–Trinajstić information content (AvgIpc) is 3.52. The molecule has 8 nitrogen and oxygen atoms in total. The number of nitrogens with two attached hydrogens (primary N) is 1. The smallest absolute Gasteiger partial charge is 0.128 e. The maximum absolute atomic E-state index is 9.17. The van der Waals surface area contributed by atoms with Crippen molar-refractivity contribution in [3.63, 3.8) is 0 Å². The van der Waals surface area contributed by atoms with Gasteiger partial charge in [-0.25, -0.2) is 14.6 Å². The summed E-state index contributed by atoms with van der Waals surface area (Å²) in [7, 11) is 0. The lowest BCUT2D eigenvalue weighted by atomic mass is 10.1. The molecule has 2 N–H and O–H groups in total. The number of nitriles is 1. The fourth-order valence-corrected chi connectivity index (χ4v) is 3.95. The summed E-state index contributed by atoms with van der Waals surface area (Å²) in [5.41, 5.74) is 10.6. The standard InChI is InChI=1S/C24H22N8/c25-14-17-5-3-6-18(11-17)21-12-19(13-23(26)28-21)22-16-32(30-29-22)15-20-7-4-8-24(27-20)31-9-1-2-10-31/h3-8,11-13,16H,1-2,9-10,15H2,(H2,26,28). The van der Waals surface area contributed by atoms with Gasteiger partial charge in [0.2, 0.25) is 0 Å². The summed E-state index contributed by atoms with van der Waals surface area (Å²) in [4.78, 5) is 11.5. The number of benzene rings is 1. The van der Waals surface area contributed by atoms with Crippen molar-refractivity contribution in [2.45, 2.75) is 19.4 Å². The molecule has 0 spiro atoms. The Hall–Kier alpha value is -4.25. The Kier molecular flexibility index (Phi) is 5.22. The van der Waals surface area contributed by atoms with E-state index in [1.54, 1.807) is 22.9 Å². The minimum Gasteiger partial charge on any atom is -0.384 e. The van der Waals surface area contributed by atoms with Gasteiger partial charge in [-0.1, -0.05) is 23.4 Å². The number of aromatic nitrogens is 5. The number of pyridine rings is 2. The van der Waals surface area contributed by atoms with E-state index >= 15 is 0 Å². The summed E-state index contributed by atoms with van der Waals surface area (Å²) in [6, 6.07) is 19.2. The van der Waals surface area contributed by atoms with Gasteiger partial charge in [0.25, 0.3) is 0 Å². The Labute approximate surface area is 186 Å². The average molecular weight is 422 g/mol. The van der Waals surface area contributed by atoms with Gasteiger partial charge in [0, 0.05) is 24.2 Å². The topological polar surface area (TPSA) is 110 Å². The summed E-state index contributed by atoms with van der Waals surface area (Å²) < 4.78 is 1.78. The molecule has 1 aromatic carbocycles. The van der Waals surface area contributed by atoms with Gasteiger partial charge < -0.3 is 10.6 Å². The molecule has 158 valence electrons. The second-order valence-electron chi connectivity index (χ2n) is 7.84. The van der Waals surface area contributed by atoms with Gasteiger partial charge in [0.1, 0.15) is 17.3 Å². The van der Waals surface area contributed by atoms with Gasteiger partial charge in [0.15, 0.2) is 0 Å². The molecule has 4 heterocycles. The highest BCUT2D eigenvalue weighted by molar-refractivity contribution is 5.71. The van der Waals surface area contributed by atoms with Crippen molar-refractivity contribution in [1.82, 2.24) is 25.0 Å². The second-order valence-corrected chi connectivity index (χ2v) is 7.84. The van der Waals surface area contributed by atoms with Gasteiger partial charge in [-0.15, -0.1) is 5.10 Å². The third-order valence-corrected chi connectivity index (χ3v) is 5.51. The van der Waals surface area contributed by atoms with E-state index in [9.17, 15) is 5.26 Å². The van der Waals surface area contributed by atoms with Crippen molar-refractivity contribution in [3.05, 3.63) is 72.1 Å². The number of nitrogens with zero attached hydrogens (tertiary/aromatic N) is 7. The molecule has 0 bridgehead atoms. The molecule has 0 amide bonds. The quantitative estimate of drug-likeness (QED) is 0.524. The minimum atomic E-state index is 0.384. The van der Waals surface area contributed by atoms with Crippen LogP contribution in [0.4, 0.5) is 11.6 Å². The van der Waals surface area contributed by atoms with Crippen LogP contribution in [0.25, 0.3) is 22.5 Å². The lowest BCUT2D eigenvalue weighted by Gasteiger charge is -2.16. The molecule has 3 aromatic heterocycles. The van der Waals surface area contributed by atoms with Crippen LogP contribution >= 0.6 is 0 Å². The number of nitrogen functional groups attached to an aromatic ring is 1. The van der Waals surface area contributed by atoms with E-state index in [1.807, 2.05) is 36.5 Å². The zero-order valence-corrected chi connectivity index (χ0v) is 17.5. The Morgan fingerprint density at radius 1 is 0.938 bits per heavy atom. The van der Waals surface area contributed by atoms with Crippen LogP contribution in [-0.2, 0) is 6.54 Å². The predicted molar refractivity (Wildman–Crippen MR) is 123 cm³/mol. The lowest BCUT2D eigenvalue weighted by Crippen LogP contribution is -2.19. The number of rotatable bonds is 5. The maximum Gasteiger partial charge on any atom is 0.128 e. The second kappa shape index (κ2) is 8.47. The minimum absolute atomic E-state index is 0.384. The molecule has 0 radical (unpaired) electrons. The van der Waals surface area contributed by atoms with E-state index in [1.165, 1.54) is 12.8 Å². The largest absolute Gasteiger partial charge is 0.384 e. The van der Waals surface area contributed by atoms with Crippen LogP contribution in [0.2, 0.25) is 0 Å². The summed E-state index contributed by atoms with van der Waals surface area (Å²) in [6.07, 6.45) is 4.32. The van der Waals surface area contributed by atoms with E-state index in [0.717, 1.165) is 35.7 Å². The van der Waals surface area contributed by atoms with E-state index < -0.39 is 0 Å². The molecule has 4 aromatic rings. The molecule has 1 fully saturated rings. The van der Waals surface area contributed by atoms with Gasteiger partial charge >= 0.3 is 0 Å². The Morgan fingerprint density at radius 2 is 1.78 bits per heavy atom. The van der Waals surface area contributed by atoms with Crippen molar-refractivity contribution < 1.29 is 0 Å². The van der Waals surface area contributed by atoms with Crippen LogP contribution in [0.15, 0.2) is 60.8 Å². The molecule has 0 atom stereocenters. The number of hydrogen-bond acceptors (Lipinski definition) is 7. The zero-order chi connectivity index (χ0) is 21.9. The first-order chi connectivity index (χ1) is 15.7. The SMILES string of the molecule is N#Cc1cccc(-c2cc(-c3cn(Cc4cccc(N5CCCC5)n4)nn3)cc(N)n2)c1. The molecule has 1 aliphatic heterocycles. The molecule has 32 heavy (non-hydrogen) atoms. The molecule has 1 saturated heterocycles. The fourth-order valence-electron chi connectivity index (χ4n) is 3.95. The van der Waals surface area contributed by atoms with Crippen molar-refractivity contribution in [3.8, 4) is 28.6 Å². The van der Waals surface area contributed by atoms with Crippen molar-refractivity contribution in [2.75, 3.05) is 23.7 Å². The molecule has 1 aliphatic rings. The van der Waals surface area contributed by atoms with Gasteiger partial charge in [-0.3, -0.25) is 0 Å². The molecule has 5 rings (SSSR count). The van der Waals surface area contributed by atoms with Crippen LogP contribution in [0, 0.1) is 11.3 Å². The van der Waals surface area contributed by atoms with Gasteiger partial charge in [0.05, 0.1) is 35.8 Å². The van der Waals surface area contributed by atoms with E-state index in [2.05, 4.69) is 32.3 Å². The Morgan fingerprint density at radius 3 is 2.62 bits per heavy atom. The first-order valence-corrected chi connectivity index (χ1v) is 10.6. The Balaban J connectivity index is 1.39. The van der Waals surface area contributed by atoms with Gasteiger partial charge in [-0.2, -0.15) is 5.26 Å². The zero-order valence-electron chi connectivity index (χ0n) is 17.5. The van der Waals surface area contributed by atoms with Crippen molar-refractivity contribution in [2.24, 2.45) is 0 Å². The highest BCUT2D eigenvalue weighted by Crippen LogP contribution is 2.26. The summed E-state index contributed by atoms with van der Waals surface area (Å²) in [6.45, 7) is 2.66. The summed E-state index contributed by atoms with van der Waals surface area (Å²) >= 11 is 0. The number of hydrogen-bond donors (Lipinski definition) is 1. The van der Waals surface area contributed by atoms with Gasteiger partial charge in [-0.05, 0) is 49.2 Å². The van der Waals surface area contributed by atoms with Crippen LogP contribution < -0.4 is 10.6 Å². The third-order valence-electron chi connectivity index (χ3n) is 5.51. The fraction of sp³-hybridized carbons (Fsp3) is 0.208. The van der Waals surface area contributed by atoms with Crippen LogP contribution in [0.3, 0.4) is 0 Å². The van der Waals surface area contributed by atoms with Crippen molar-refractivity contribution in [1.29, 1.82) is 5.26 Å². The molecule has 0 aliphatic carbocycles. The Bertz CT molecular complexity index is 1300. The summed E-state index contributed by atoms with van der Waals surface area (Å²) in [5, 5.41) is 17.8.